The number of hydrogen-bond donors (Lipinski definition) is 0. The van der Waals surface area contributed by atoms with Gasteiger partial charge in [-0.15, -0.1) is 0 Å². The fourth-order valence-corrected chi connectivity index (χ4v) is 1.22. The topological polar surface area (TPSA) is 34.9 Å². The van der Waals surface area contributed by atoms with Crippen LogP contribution in [0, 0.1) is 5.82 Å². The van der Waals surface area contributed by atoms with Gasteiger partial charge in [-0.1, -0.05) is 12.1 Å². The molecule has 1 heterocycles. The lowest BCUT2D eigenvalue weighted by Crippen LogP contribution is -2.06. The van der Waals surface area contributed by atoms with E-state index < -0.39 is 0 Å². The average Bonchev–Trinajstić information content (AvgIpc) is 2.81. The zero-order valence-corrected chi connectivity index (χ0v) is 8.38. The zero-order valence-electron chi connectivity index (χ0n) is 8.38. The smallest absolute Gasteiger partial charge is 0.267 e. The van der Waals surface area contributed by atoms with Crippen LogP contribution >= 0.6 is 0 Å². The molecule has 0 aliphatic carbocycles. The second-order valence-corrected chi connectivity index (χ2v) is 3.17. The Bertz CT molecular complexity index is 500. The zero-order chi connectivity index (χ0) is 11.4. The van der Waals surface area contributed by atoms with Gasteiger partial charge in [-0.05, 0) is 29.8 Å². The van der Waals surface area contributed by atoms with Gasteiger partial charge in [0.05, 0.1) is 0 Å². The van der Waals surface area contributed by atoms with Gasteiger partial charge >= 0.3 is 0 Å². The number of hydrogen-bond acceptors (Lipinski definition) is 2. The second-order valence-electron chi connectivity index (χ2n) is 3.17. The Morgan fingerprint density at radius 3 is 2.69 bits per heavy atom. The summed E-state index contributed by atoms with van der Waals surface area (Å²) in [5.41, 5.74) is 0.766. The number of rotatable bonds is 2. The van der Waals surface area contributed by atoms with Gasteiger partial charge in [0.1, 0.15) is 5.82 Å². The van der Waals surface area contributed by atoms with E-state index >= 15 is 0 Å². The van der Waals surface area contributed by atoms with Crippen molar-refractivity contribution in [3.8, 4) is 0 Å². The summed E-state index contributed by atoms with van der Waals surface area (Å²) < 4.78 is 13.8. The molecular weight excluding hydrogens is 207 g/mol. The average molecular weight is 216 g/mol. The van der Waals surface area contributed by atoms with Crippen LogP contribution in [-0.2, 0) is 0 Å². The lowest BCUT2D eigenvalue weighted by atomic mass is 10.2. The lowest BCUT2D eigenvalue weighted by Gasteiger charge is -1.94. The maximum absolute atomic E-state index is 12.6. The van der Waals surface area contributed by atoms with Crippen molar-refractivity contribution in [1.29, 1.82) is 0 Å². The third-order valence-electron chi connectivity index (χ3n) is 2.02. The predicted molar refractivity (Wildman–Crippen MR) is 58.3 cm³/mol. The molecule has 0 radical (unpaired) electrons. The van der Waals surface area contributed by atoms with Crippen LogP contribution in [0.15, 0.2) is 48.8 Å². The molecule has 2 rings (SSSR count). The normalized spacial score (nSPS) is 10.8. The van der Waals surface area contributed by atoms with Gasteiger partial charge in [-0.2, -0.15) is 5.10 Å². The Kier molecular flexibility index (Phi) is 2.91. The molecule has 4 heteroatoms. The molecule has 0 saturated carbocycles. The Balaban J connectivity index is 2.10. The number of carbonyl (C=O) groups is 1. The molecule has 0 bridgehead atoms. The first kappa shape index (κ1) is 10.3. The van der Waals surface area contributed by atoms with Crippen molar-refractivity contribution in [3.63, 3.8) is 0 Å². The van der Waals surface area contributed by atoms with Crippen LogP contribution in [0.4, 0.5) is 4.39 Å². The molecule has 0 amide bonds. The van der Waals surface area contributed by atoms with Gasteiger partial charge in [-0.3, -0.25) is 4.79 Å². The van der Waals surface area contributed by atoms with Crippen molar-refractivity contribution in [2.24, 2.45) is 0 Å². The van der Waals surface area contributed by atoms with Crippen molar-refractivity contribution in [2.45, 2.75) is 0 Å². The van der Waals surface area contributed by atoms with Crippen molar-refractivity contribution in [3.05, 3.63) is 60.2 Å². The highest BCUT2D eigenvalue weighted by atomic mass is 19.1. The summed E-state index contributed by atoms with van der Waals surface area (Å²) >= 11 is 0. The first-order chi connectivity index (χ1) is 7.75. The summed E-state index contributed by atoms with van der Waals surface area (Å²) in [6.07, 6.45) is 6.10. The Hall–Kier alpha value is -2.23. The molecule has 0 aliphatic heterocycles. The largest absolute Gasteiger partial charge is 0.270 e. The maximum atomic E-state index is 12.6. The first-order valence-electron chi connectivity index (χ1n) is 4.73. The van der Waals surface area contributed by atoms with E-state index in [4.69, 9.17) is 0 Å². The Morgan fingerprint density at radius 2 is 2.06 bits per heavy atom. The van der Waals surface area contributed by atoms with E-state index in [1.165, 1.54) is 29.1 Å². The first-order valence-corrected chi connectivity index (χ1v) is 4.73. The molecule has 1 aromatic heterocycles. The summed E-state index contributed by atoms with van der Waals surface area (Å²) in [5.74, 6) is -0.537. The van der Waals surface area contributed by atoms with E-state index in [0.29, 0.717) is 0 Å². The molecule has 3 nitrogen and oxygen atoms in total. The highest BCUT2D eigenvalue weighted by molar-refractivity contribution is 5.92. The molecule has 2 aromatic rings. The van der Waals surface area contributed by atoms with Gasteiger partial charge in [0, 0.05) is 18.5 Å². The van der Waals surface area contributed by atoms with E-state index in [1.807, 2.05) is 0 Å². The second kappa shape index (κ2) is 4.53. The van der Waals surface area contributed by atoms with Gasteiger partial charge in [0.25, 0.3) is 5.91 Å². The molecule has 1 aromatic carbocycles. The summed E-state index contributed by atoms with van der Waals surface area (Å²) in [5, 5.41) is 3.80. The SMILES string of the molecule is O=C(/C=C\c1ccc(F)cc1)n1cccn1. The quantitative estimate of drug-likeness (QED) is 0.722. The van der Waals surface area contributed by atoms with Crippen LogP contribution in [0.25, 0.3) is 6.08 Å². The van der Waals surface area contributed by atoms with E-state index in [2.05, 4.69) is 5.10 Å². The minimum Gasteiger partial charge on any atom is -0.267 e. The molecule has 0 fully saturated rings. The molecule has 0 aliphatic rings. The molecule has 0 atom stereocenters. The summed E-state index contributed by atoms with van der Waals surface area (Å²) in [7, 11) is 0. The number of benzene rings is 1. The van der Waals surface area contributed by atoms with Gasteiger partial charge < -0.3 is 0 Å². The van der Waals surface area contributed by atoms with Crippen LogP contribution < -0.4 is 0 Å². The van der Waals surface area contributed by atoms with Crippen LogP contribution in [0.5, 0.6) is 0 Å². The van der Waals surface area contributed by atoms with Gasteiger partial charge in [-0.25, -0.2) is 9.07 Å². The standard InChI is InChI=1S/C12H9FN2O/c13-11-5-2-10(3-6-11)4-7-12(16)15-9-1-8-14-15/h1-9H/b7-4-. The van der Waals surface area contributed by atoms with Gasteiger partial charge in [0.2, 0.25) is 0 Å². The number of aromatic nitrogens is 2. The van der Waals surface area contributed by atoms with Crippen LogP contribution in [0.2, 0.25) is 0 Å². The number of halogens is 1. The molecule has 16 heavy (non-hydrogen) atoms. The van der Waals surface area contributed by atoms with Crippen molar-refractivity contribution in [1.82, 2.24) is 9.78 Å². The lowest BCUT2D eigenvalue weighted by molar-refractivity contribution is 0.0955. The third-order valence-corrected chi connectivity index (χ3v) is 2.02. The van der Waals surface area contributed by atoms with Crippen LogP contribution in [0.3, 0.4) is 0 Å². The molecule has 0 saturated heterocycles. The van der Waals surface area contributed by atoms with E-state index in [1.54, 1.807) is 30.5 Å². The number of carbonyl (C=O) groups excluding carboxylic acids is 1. The predicted octanol–water partition coefficient (Wildman–Crippen LogP) is 2.38. The molecule has 0 N–H and O–H groups in total. The highest BCUT2D eigenvalue weighted by Crippen LogP contribution is 2.04. The van der Waals surface area contributed by atoms with Crippen molar-refractivity contribution < 1.29 is 9.18 Å². The van der Waals surface area contributed by atoms with Crippen LogP contribution in [-0.4, -0.2) is 15.7 Å². The fourth-order valence-electron chi connectivity index (χ4n) is 1.22. The highest BCUT2D eigenvalue weighted by Gasteiger charge is 1.98. The monoisotopic (exact) mass is 216 g/mol. The van der Waals surface area contributed by atoms with E-state index in [9.17, 15) is 9.18 Å². The minimum atomic E-state index is -0.296. The van der Waals surface area contributed by atoms with Crippen molar-refractivity contribution in [2.75, 3.05) is 0 Å². The van der Waals surface area contributed by atoms with Crippen molar-refractivity contribution >= 4 is 12.0 Å². The molecule has 0 unspecified atom stereocenters. The summed E-state index contributed by atoms with van der Waals surface area (Å²) in [6.45, 7) is 0. The summed E-state index contributed by atoms with van der Waals surface area (Å²) in [6, 6.07) is 7.56. The van der Waals surface area contributed by atoms with E-state index in [0.717, 1.165) is 5.56 Å². The third kappa shape index (κ3) is 2.42. The van der Waals surface area contributed by atoms with Gasteiger partial charge in [0.15, 0.2) is 0 Å². The summed E-state index contributed by atoms with van der Waals surface area (Å²) in [4.78, 5) is 11.5. The maximum Gasteiger partial charge on any atom is 0.270 e. The molecule has 0 spiro atoms. The fraction of sp³-hybridized carbons (Fsp3) is 0. The van der Waals surface area contributed by atoms with Crippen LogP contribution in [0.1, 0.15) is 10.4 Å². The Morgan fingerprint density at radius 1 is 1.31 bits per heavy atom. The van der Waals surface area contributed by atoms with E-state index in [-0.39, 0.29) is 11.7 Å². The Labute approximate surface area is 91.8 Å². The molecule has 80 valence electrons. The minimum absolute atomic E-state index is 0.241. The number of nitrogens with zero attached hydrogens (tertiary/aromatic N) is 2. The molecular formula is C12H9FN2O. The number of allylic oxidation sites excluding steroid dienone is 1.